The van der Waals surface area contributed by atoms with Gasteiger partial charge in [-0.15, -0.1) is 0 Å². The Morgan fingerprint density at radius 1 is 1.04 bits per heavy atom. The van der Waals surface area contributed by atoms with Crippen LogP contribution in [0.25, 0.3) is 10.8 Å². The van der Waals surface area contributed by atoms with Gasteiger partial charge in [0.05, 0.1) is 16.5 Å². The second-order valence-electron chi connectivity index (χ2n) is 6.14. The topological polar surface area (TPSA) is 92.7 Å². The second kappa shape index (κ2) is 7.77. The summed E-state index contributed by atoms with van der Waals surface area (Å²) < 4.78 is 33.1. The van der Waals surface area contributed by atoms with Crippen LogP contribution in [-0.2, 0) is 14.8 Å². The van der Waals surface area contributed by atoms with Gasteiger partial charge in [0.25, 0.3) is 0 Å². The van der Waals surface area contributed by atoms with Crippen molar-refractivity contribution in [1.82, 2.24) is 4.72 Å². The monoisotopic (exact) mass is 385 g/mol. The van der Waals surface area contributed by atoms with Gasteiger partial charge in [-0.1, -0.05) is 36.4 Å². The summed E-state index contributed by atoms with van der Waals surface area (Å²) in [6.45, 7) is 1.50. The summed E-state index contributed by atoms with van der Waals surface area (Å²) in [5, 5.41) is 10.7. The molecule has 0 aromatic heterocycles. The number of phenols is 1. The van der Waals surface area contributed by atoms with Crippen molar-refractivity contribution in [3.05, 3.63) is 72.3 Å². The molecule has 0 aliphatic rings. The van der Waals surface area contributed by atoms with Gasteiger partial charge in [-0.25, -0.2) is 17.9 Å². The van der Waals surface area contributed by atoms with Crippen molar-refractivity contribution in [3.8, 4) is 5.75 Å². The van der Waals surface area contributed by atoms with Crippen LogP contribution in [0.15, 0.2) is 71.6 Å². The minimum absolute atomic E-state index is 0.0442. The summed E-state index contributed by atoms with van der Waals surface area (Å²) in [5.74, 6) is -0.547. The number of fused-ring (bicyclic) bond motifs is 1. The van der Waals surface area contributed by atoms with Crippen LogP contribution in [0, 0.1) is 0 Å². The SMILES string of the molecule is CC(COC(=O)c1ccc(O)cc1)NS(=O)(=O)c1cccc2ccccc12. The highest BCUT2D eigenvalue weighted by molar-refractivity contribution is 7.89. The lowest BCUT2D eigenvalue weighted by Crippen LogP contribution is -2.36. The highest BCUT2D eigenvalue weighted by Gasteiger charge is 2.20. The first kappa shape index (κ1) is 18.9. The van der Waals surface area contributed by atoms with Gasteiger partial charge >= 0.3 is 5.97 Å². The van der Waals surface area contributed by atoms with Gasteiger partial charge in [0.2, 0.25) is 10.0 Å². The Balaban J connectivity index is 1.68. The molecule has 0 amide bonds. The van der Waals surface area contributed by atoms with E-state index in [1.54, 1.807) is 31.2 Å². The lowest BCUT2D eigenvalue weighted by molar-refractivity contribution is 0.0481. The zero-order valence-corrected chi connectivity index (χ0v) is 15.4. The molecule has 0 radical (unpaired) electrons. The van der Waals surface area contributed by atoms with E-state index >= 15 is 0 Å². The average molecular weight is 385 g/mol. The summed E-state index contributed by atoms with van der Waals surface area (Å²) in [6, 6.07) is 17.3. The zero-order valence-electron chi connectivity index (χ0n) is 14.6. The molecule has 0 saturated carbocycles. The molecule has 6 nitrogen and oxygen atoms in total. The van der Waals surface area contributed by atoms with Crippen LogP contribution in [0.2, 0.25) is 0 Å². The largest absolute Gasteiger partial charge is 0.508 e. The molecule has 0 heterocycles. The number of esters is 1. The molecule has 3 aromatic carbocycles. The molecule has 1 unspecified atom stereocenters. The zero-order chi connectivity index (χ0) is 19.4. The van der Waals surface area contributed by atoms with Gasteiger partial charge in [0.1, 0.15) is 12.4 Å². The number of carbonyl (C=O) groups excluding carboxylic acids is 1. The molecular formula is C20H19NO5S. The van der Waals surface area contributed by atoms with Crippen LogP contribution < -0.4 is 4.72 Å². The Bertz CT molecular complexity index is 1060. The fraction of sp³-hybridized carbons (Fsp3) is 0.150. The van der Waals surface area contributed by atoms with Gasteiger partial charge in [-0.2, -0.15) is 0 Å². The molecule has 1 atom stereocenters. The van der Waals surface area contributed by atoms with Gasteiger partial charge in [-0.05, 0) is 42.6 Å². The highest BCUT2D eigenvalue weighted by Crippen LogP contribution is 2.22. The fourth-order valence-electron chi connectivity index (χ4n) is 2.67. The van der Waals surface area contributed by atoms with Crippen LogP contribution >= 0.6 is 0 Å². The number of hydrogen-bond acceptors (Lipinski definition) is 5. The molecule has 0 aliphatic heterocycles. The molecular weight excluding hydrogens is 366 g/mol. The average Bonchev–Trinajstić information content (AvgIpc) is 2.66. The van der Waals surface area contributed by atoms with E-state index in [9.17, 15) is 18.3 Å². The number of nitrogens with one attached hydrogen (secondary N) is 1. The molecule has 7 heteroatoms. The first-order valence-electron chi connectivity index (χ1n) is 8.33. The fourth-order valence-corrected chi connectivity index (χ4v) is 4.13. The number of phenolic OH excluding ortho intramolecular Hbond substituents is 1. The number of carbonyl (C=O) groups is 1. The van der Waals surface area contributed by atoms with E-state index in [2.05, 4.69) is 4.72 Å². The Hall–Kier alpha value is -2.90. The quantitative estimate of drug-likeness (QED) is 0.636. The molecule has 27 heavy (non-hydrogen) atoms. The highest BCUT2D eigenvalue weighted by atomic mass is 32.2. The number of sulfonamides is 1. The number of ether oxygens (including phenoxy) is 1. The smallest absolute Gasteiger partial charge is 0.338 e. The molecule has 0 bridgehead atoms. The maximum Gasteiger partial charge on any atom is 0.338 e. The van der Waals surface area contributed by atoms with Crippen molar-refractivity contribution < 1.29 is 23.1 Å². The number of rotatable bonds is 6. The minimum atomic E-state index is -3.78. The lowest BCUT2D eigenvalue weighted by Gasteiger charge is -2.15. The third-order valence-corrected chi connectivity index (χ3v) is 5.61. The third kappa shape index (κ3) is 4.45. The van der Waals surface area contributed by atoms with Crippen molar-refractivity contribution >= 4 is 26.8 Å². The molecule has 140 valence electrons. The number of benzene rings is 3. The first-order valence-corrected chi connectivity index (χ1v) is 9.81. The van der Waals surface area contributed by atoms with E-state index in [1.807, 2.05) is 18.2 Å². The number of aromatic hydroxyl groups is 1. The van der Waals surface area contributed by atoms with Crippen LogP contribution in [0.4, 0.5) is 0 Å². The van der Waals surface area contributed by atoms with E-state index in [-0.39, 0.29) is 22.8 Å². The summed E-state index contributed by atoms with van der Waals surface area (Å²) in [5.41, 5.74) is 0.275. The van der Waals surface area contributed by atoms with Crippen LogP contribution in [0.1, 0.15) is 17.3 Å². The van der Waals surface area contributed by atoms with E-state index in [4.69, 9.17) is 4.74 Å². The van der Waals surface area contributed by atoms with Crippen molar-refractivity contribution in [3.63, 3.8) is 0 Å². The Kier molecular flexibility index (Phi) is 5.43. The summed E-state index contributed by atoms with van der Waals surface area (Å²) in [4.78, 5) is 12.2. The van der Waals surface area contributed by atoms with Gasteiger partial charge in [0, 0.05) is 5.39 Å². The van der Waals surface area contributed by atoms with E-state index in [0.29, 0.717) is 5.39 Å². The molecule has 2 N–H and O–H groups in total. The lowest BCUT2D eigenvalue weighted by atomic mass is 10.1. The Morgan fingerprint density at radius 2 is 1.70 bits per heavy atom. The Morgan fingerprint density at radius 3 is 2.44 bits per heavy atom. The maximum atomic E-state index is 12.7. The minimum Gasteiger partial charge on any atom is -0.508 e. The molecule has 3 rings (SSSR count). The van der Waals surface area contributed by atoms with Crippen LogP contribution in [0.3, 0.4) is 0 Å². The van der Waals surface area contributed by atoms with E-state index in [1.165, 1.54) is 24.3 Å². The molecule has 0 saturated heterocycles. The first-order chi connectivity index (χ1) is 12.9. The molecule has 0 fully saturated rings. The summed E-state index contributed by atoms with van der Waals surface area (Å²) >= 11 is 0. The number of hydrogen-bond donors (Lipinski definition) is 2. The maximum absolute atomic E-state index is 12.7. The van der Waals surface area contributed by atoms with Gasteiger partial charge in [-0.3, -0.25) is 0 Å². The third-order valence-electron chi connectivity index (χ3n) is 3.96. The van der Waals surface area contributed by atoms with Crippen LogP contribution in [-0.4, -0.2) is 32.1 Å². The molecule has 3 aromatic rings. The van der Waals surface area contributed by atoms with Crippen molar-refractivity contribution in [2.75, 3.05) is 6.61 Å². The van der Waals surface area contributed by atoms with Crippen molar-refractivity contribution in [2.24, 2.45) is 0 Å². The van der Waals surface area contributed by atoms with Gasteiger partial charge in [0.15, 0.2) is 0 Å². The normalized spacial score (nSPS) is 12.6. The van der Waals surface area contributed by atoms with Crippen molar-refractivity contribution in [1.29, 1.82) is 0 Å². The standard InChI is InChI=1S/C20H19NO5S/c1-14(13-26-20(23)16-9-11-17(22)12-10-16)21-27(24,25)19-8-4-6-15-5-2-3-7-18(15)19/h2-12,14,21-22H,13H2,1H3. The van der Waals surface area contributed by atoms with Crippen molar-refractivity contribution in [2.45, 2.75) is 17.9 Å². The van der Waals surface area contributed by atoms with Crippen LogP contribution in [0.5, 0.6) is 5.75 Å². The molecule has 0 aliphatic carbocycles. The summed E-state index contributed by atoms with van der Waals surface area (Å²) in [7, 11) is -3.78. The molecule has 0 spiro atoms. The Labute approximate surface area is 157 Å². The second-order valence-corrected chi connectivity index (χ2v) is 7.83. The predicted octanol–water partition coefficient (Wildman–Crippen LogP) is 3.07. The van der Waals surface area contributed by atoms with E-state index < -0.39 is 22.0 Å². The predicted molar refractivity (Wildman–Crippen MR) is 102 cm³/mol. The van der Waals surface area contributed by atoms with E-state index in [0.717, 1.165) is 5.39 Å². The van der Waals surface area contributed by atoms with Gasteiger partial charge < -0.3 is 9.84 Å². The summed E-state index contributed by atoms with van der Waals surface area (Å²) in [6.07, 6.45) is 0.